The lowest BCUT2D eigenvalue weighted by Gasteiger charge is -2.29. The number of amides is 1. The lowest BCUT2D eigenvalue weighted by molar-refractivity contribution is -0.137. The van der Waals surface area contributed by atoms with Crippen LogP contribution in [0.2, 0.25) is 5.02 Å². The van der Waals surface area contributed by atoms with Crippen molar-refractivity contribution in [3.63, 3.8) is 0 Å². The van der Waals surface area contributed by atoms with Gasteiger partial charge >= 0.3 is 6.18 Å². The average Bonchev–Trinajstić information content (AvgIpc) is 3.06. The Morgan fingerprint density at radius 1 is 1.35 bits per heavy atom. The lowest BCUT2D eigenvalue weighted by atomic mass is 10.0. The zero-order valence-electron chi connectivity index (χ0n) is 16.3. The zero-order chi connectivity index (χ0) is 23.1. The maximum atomic E-state index is 14.9. The second-order valence-electron chi connectivity index (χ2n) is 7.27. The van der Waals surface area contributed by atoms with Crippen LogP contribution in [0.1, 0.15) is 17.7 Å². The predicted octanol–water partition coefficient (Wildman–Crippen LogP) is 4.67. The summed E-state index contributed by atoms with van der Waals surface area (Å²) in [6.45, 7) is 0.705. The highest BCUT2D eigenvalue weighted by Crippen LogP contribution is 2.38. The van der Waals surface area contributed by atoms with Crippen LogP contribution < -0.4 is 9.80 Å². The van der Waals surface area contributed by atoms with E-state index in [9.17, 15) is 32.0 Å². The Morgan fingerprint density at radius 2 is 2.03 bits per heavy atom. The van der Waals surface area contributed by atoms with Crippen molar-refractivity contribution >= 4 is 29.0 Å². The van der Waals surface area contributed by atoms with E-state index in [-0.39, 0.29) is 22.2 Å². The molecule has 1 aliphatic heterocycles. The van der Waals surface area contributed by atoms with E-state index in [2.05, 4.69) is 4.98 Å². The number of nitriles is 1. The second kappa shape index (κ2) is 7.96. The van der Waals surface area contributed by atoms with Gasteiger partial charge in [-0.05, 0) is 37.3 Å². The second-order valence-corrected chi connectivity index (χ2v) is 7.68. The summed E-state index contributed by atoms with van der Waals surface area (Å²) in [5.41, 5.74) is -3.26. The van der Waals surface area contributed by atoms with Crippen molar-refractivity contribution in [1.82, 2.24) is 4.98 Å². The van der Waals surface area contributed by atoms with E-state index in [1.165, 1.54) is 32.2 Å². The first kappa shape index (κ1) is 22.7. The number of rotatable bonds is 3. The van der Waals surface area contributed by atoms with E-state index in [0.717, 1.165) is 21.9 Å². The Morgan fingerprint density at radius 3 is 2.61 bits per heavy atom. The summed E-state index contributed by atoms with van der Waals surface area (Å²) in [6.07, 6.45) is -5.25. The summed E-state index contributed by atoms with van der Waals surface area (Å²) >= 11 is 5.75. The van der Waals surface area contributed by atoms with Crippen LogP contribution >= 0.6 is 11.6 Å². The van der Waals surface area contributed by atoms with Gasteiger partial charge in [-0.15, -0.1) is 0 Å². The first-order chi connectivity index (χ1) is 14.3. The fourth-order valence-electron chi connectivity index (χ4n) is 3.41. The van der Waals surface area contributed by atoms with Gasteiger partial charge < -0.3 is 9.80 Å². The summed E-state index contributed by atoms with van der Waals surface area (Å²) in [5.74, 6) is -1.69. The number of likely N-dealkylation sites (N-methyl/N-ethyl adjacent to an activating group) is 1. The molecule has 1 amide bonds. The zero-order valence-corrected chi connectivity index (χ0v) is 17.1. The van der Waals surface area contributed by atoms with Crippen molar-refractivity contribution < 1.29 is 26.7 Å². The molecule has 0 bridgehead atoms. The van der Waals surface area contributed by atoms with Gasteiger partial charge in [0.2, 0.25) is 11.6 Å². The van der Waals surface area contributed by atoms with Gasteiger partial charge in [0.05, 0.1) is 17.1 Å². The van der Waals surface area contributed by atoms with E-state index in [1.807, 2.05) is 0 Å². The van der Waals surface area contributed by atoms with Crippen molar-refractivity contribution in [3.8, 4) is 6.07 Å². The van der Waals surface area contributed by atoms with E-state index in [0.29, 0.717) is 6.07 Å². The standard InChI is InChI=1S/C20H16ClF5N4O/c1-11-5-12(20(24,25)26)6-17(28-11)30-10-19(23,9-27)8-16(30)18(31)29(2)13-3-4-15(22)14(21)7-13/h3-7,16H,8,10H2,1-2H3/t16-,19+/m0/s1. The molecule has 1 saturated heterocycles. The number of hydrogen-bond acceptors (Lipinski definition) is 4. The normalized spacial score (nSPS) is 21.1. The first-order valence-electron chi connectivity index (χ1n) is 9.00. The number of benzene rings is 1. The number of anilines is 2. The number of aryl methyl sites for hydroxylation is 1. The van der Waals surface area contributed by atoms with Crippen molar-refractivity contribution in [2.24, 2.45) is 0 Å². The Hall–Kier alpha value is -2.93. The molecule has 5 nitrogen and oxygen atoms in total. The van der Waals surface area contributed by atoms with E-state index < -0.39 is 48.1 Å². The third-order valence-corrected chi connectivity index (χ3v) is 5.27. The summed E-state index contributed by atoms with van der Waals surface area (Å²) in [4.78, 5) is 19.3. The SMILES string of the molecule is Cc1cc(C(F)(F)F)cc(N2C[C@](F)(C#N)C[C@H]2C(=O)N(C)c2ccc(F)c(Cl)c2)n1. The molecule has 0 saturated carbocycles. The topological polar surface area (TPSA) is 60.2 Å². The molecule has 3 rings (SSSR count). The molecular formula is C20H16ClF5N4O. The minimum atomic E-state index is -4.68. The van der Waals surface area contributed by atoms with Gasteiger partial charge in [-0.25, -0.2) is 13.8 Å². The third-order valence-electron chi connectivity index (χ3n) is 4.98. The van der Waals surface area contributed by atoms with Gasteiger partial charge in [-0.2, -0.15) is 18.4 Å². The predicted molar refractivity (Wildman–Crippen MR) is 104 cm³/mol. The summed E-state index contributed by atoms with van der Waals surface area (Å²) in [5, 5.41) is 8.97. The molecule has 1 fully saturated rings. The Balaban J connectivity index is 2.01. The highest BCUT2D eigenvalue weighted by molar-refractivity contribution is 6.31. The number of pyridine rings is 1. The fourth-order valence-corrected chi connectivity index (χ4v) is 3.58. The molecule has 0 aliphatic carbocycles. The molecule has 31 heavy (non-hydrogen) atoms. The number of hydrogen-bond donors (Lipinski definition) is 0. The highest BCUT2D eigenvalue weighted by atomic mass is 35.5. The Labute approximate surface area is 179 Å². The molecule has 0 spiro atoms. The minimum Gasteiger partial charge on any atom is -0.340 e. The summed E-state index contributed by atoms with van der Waals surface area (Å²) in [7, 11) is 1.33. The van der Waals surface area contributed by atoms with Gasteiger partial charge in [0.1, 0.15) is 23.7 Å². The highest BCUT2D eigenvalue weighted by Gasteiger charge is 2.50. The van der Waals surface area contributed by atoms with Crippen LogP contribution in [-0.2, 0) is 11.0 Å². The molecule has 164 valence electrons. The molecular weight excluding hydrogens is 443 g/mol. The quantitative estimate of drug-likeness (QED) is 0.627. The molecule has 2 heterocycles. The smallest absolute Gasteiger partial charge is 0.340 e. The van der Waals surface area contributed by atoms with Crippen LogP contribution in [-0.4, -0.2) is 36.2 Å². The average molecular weight is 459 g/mol. The van der Waals surface area contributed by atoms with Gasteiger partial charge in [0.25, 0.3) is 0 Å². The van der Waals surface area contributed by atoms with E-state index in [1.54, 1.807) is 0 Å². The molecule has 1 aromatic heterocycles. The summed E-state index contributed by atoms with van der Waals surface area (Å²) < 4.78 is 68.1. The maximum absolute atomic E-state index is 14.9. The van der Waals surface area contributed by atoms with Crippen LogP contribution in [0.15, 0.2) is 30.3 Å². The Kier molecular flexibility index (Phi) is 5.84. The van der Waals surface area contributed by atoms with Crippen molar-refractivity contribution in [2.45, 2.75) is 31.2 Å². The third kappa shape index (κ3) is 4.56. The van der Waals surface area contributed by atoms with Crippen LogP contribution in [0.3, 0.4) is 0 Å². The molecule has 1 aliphatic rings. The van der Waals surface area contributed by atoms with Gasteiger partial charge in [-0.1, -0.05) is 11.6 Å². The molecule has 0 radical (unpaired) electrons. The molecule has 0 N–H and O–H groups in total. The van der Waals surface area contributed by atoms with Crippen LogP contribution in [0.4, 0.5) is 33.5 Å². The van der Waals surface area contributed by atoms with Crippen molar-refractivity contribution in [2.75, 3.05) is 23.4 Å². The monoisotopic (exact) mass is 458 g/mol. The van der Waals surface area contributed by atoms with Gasteiger partial charge in [0, 0.05) is 24.8 Å². The molecule has 11 heteroatoms. The minimum absolute atomic E-state index is 0.0167. The summed E-state index contributed by atoms with van der Waals surface area (Å²) in [6, 6.07) is 5.22. The number of alkyl halides is 4. The number of halogens is 6. The number of nitrogens with zero attached hydrogens (tertiary/aromatic N) is 4. The number of aromatic nitrogens is 1. The van der Waals surface area contributed by atoms with Crippen molar-refractivity contribution in [3.05, 3.63) is 52.4 Å². The molecule has 2 atom stereocenters. The number of carbonyl (C=O) groups is 1. The molecule has 0 unspecified atom stereocenters. The van der Waals surface area contributed by atoms with Gasteiger partial charge in [-0.3, -0.25) is 4.79 Å². The largest absolute Gasteiger partial charge is 0.416 e. The maximum Gasteiger partial charge on any atom is 0.416 e. The van der Waals surface area contributed by atoms with Gasteiger partial charge in [0.15, 0.2) is 0 Å². The van der Waals surface area contributed by atoms with E-state index >= 15 is 0 Å². The molecule has 2 aromatic rings. The van der Waals surface area contributed by atoms with Crippen LogP contribution in [0, 0.1) is 24.1 Å². The first-order valence-corrected chi connectivity index (χ1v) is 9.38. The molecule has 1 aromatic carbocycles. The number of carbonyl (C=O) groups excluding carboxylic acids is 1. The lowest BCUT2D eigenvalue weighted by Crippen LogP contribution is -2.44. The van der Waals surface area contributed by atoms with Crippen molar-refractivity contribution in [1.29, 1.82) is 5.26 Å². The van der Waals surface area contributed by atoms with E-state index in [4.69, 9.17) is 11.6 Å². The van der Waals surface area contributed by atoms with Crippen LogP contribution in [0.25, 0.3) is 0 Å². The Bertz CT molecular complexity index is 1070. The van der Waals surface area contributed by atoms with Crippen LogP contribution in [0.5, 0.6) is 0 Å². The fraction of sp³-hybridized carbons (Fsp3) is 0.350.